The van der Waals surface area contributed by atoms with Gasteiger partial charge in [0.1, 0.15) is 0 Å². The topological polar surface area (TPSA) is 40.6 Å². The summed E-state index contributed by atoms with van der Waals surface area (Å²) in [5.74, 6) is -5.11. The smallest absolute Gasteiger partial charge is 0.336 e. The molecule has 3 saturated heterocycles. The molecule has 3 aliphatic rings. The highest BCUT2D eigenvalue weighted by Gasteiger charge is 2.55. The summed E-state index contributed by atoms with van der Waals surface area (Å²) >= 11 is 0. The van der Waals surface area contributed by atoms with Crippen molar-refractivity contribution in [1.29, 1.82) is 0 Å². The minimum absolute atomic E-state index is 0.0302. The number of rotatable bonds is 3. The van der Waals surface area contributed by atoms with E-state index >= 15 is 0 Å². The minimum atomic E-state index is -4.64. The first kappa shape index (κ1) is 22.0. The number of halogens is 5. The van der Waals surface area contributed by atoms with E-state index < -0.39 is 29.1 Å². The Balaban J connectivity index is 1.55. The maximum atomic E-state index is 15.0. The molecule has 9 heteroatoms. The van der Waals surface area contributed by atoms with Crippen LogP contribution in [0.25, 0.3) is 0 Å². The van der Waals surface area contributed by atoms with Gasteiger partial charge in [0.2, 0.25) is 5.91 Å². The lowest BCUT2D eigenvalue weighted by molar-refractivity contribution is -0.164. The Bertz CT molecular complexity index is 868. The van der Waals surface area contributed by atoms with Gasteiger partial charge in [-0.15, -0.1) is 0 Å². The van der Waals surface area contributed by atoms with Crippen molar-refractivity contribution in [2.75, 3.05) is 13.1 Å². The molecule has 4 atom stereocenters. The number of alkyl halides is 5. The van der Waals surface area contributed by atoms with Gasteiger partial charge in [0, 0.05) is 37.2 Å². The van der Waals surface area contributed by atoms with Crippen LogP contribution in [0.2, 0.25) is 0 Å². The monoisotopic (exact) mass is 444 g/mol. The molecule has 0 bridgehead atoms. The third kappa shape index (κ3) is 3.69. The number of carbonyl (C=O) groups is 2. The molecule has 0 aromatic heterocycles. The minimum Gasteiger partial charge on any atom is -0.336 e. The van der Waals surface area contributed by atoms with E-state index in [1.807, 2.05) is 18.7 Å². The first-order chi connectivity index (χ1) is 14.4. The highest BCUT2D eigenvalue weighted by Crippen LogP contribution is 2.46. The van der Waals surface area contributed by atoms with Crippen LogP contribution in [0.1, 0.15) is 44.2 Å². The maximum absolute atomic E-state index is 15.0. The van der Waals surface area contributed by atoms with Crippen molar-refractivity contribution in [3.05, 3.63) is 35.4 Å². The average molecular weight is 444 g/mol. The van der Waals surface area contributed by atoms with Gasteiger partial charge in [-0.3, -0.25) is 9.59 Å². The van der Waals surface area contributed by atoms with Crippen LogP contribution in [0, 0.1) is 17.8 Å². The molecule has 2 amide bonds. The zero-order valence-corrected chi connectivity index (χ0v) is 17.3. The van der Waals surface area contributed by atoms with Crippen LogP contribution in [0.15, 0.2) is 24.3 Å². The molecule has 2 unspecified atom stereocenters. The van der Waals surface area contributed by atoms with E-state index in [4.69, 9.17) is 0 Å². The fourth-order valence-corrected chi connectivity index (χ4v) is 5.56. The molecular formula is C22H25F5N2O2. The number of nitrogens with zero attached hydrogens (tertiary/aromatic N) is 2. The van der Waals surface area contributed by atoms with Gasteiger partial charge in [0.15, 0.2) is 0 Å². The third-order valence-corrected chi connectivity index (χ3v) is 7.02. The van der Waals surface area contributed by atoms with Crippen molar-refractivity contribution in [2.24, 2.45) is 17.8 Å². The molecule has 0 radical (unpaired) electrons. The maximum Gasteiger partial charge on any atom is 0.416 e. The third-order valence-electron chi connectivity index (χ3n) is 7.02. The molecule has 3 heterocycles. The Labute approximate surface area is 177 Å². The van der Waals surface area contributed by atoms with Gasteiger partial charge >= 0.3 is 12.1 Å². The zero-order chi connectivity index (χ0) is 22.7. The number of piperidine rings is 2. The van der Waals surface area contributed by atoms with Crippen LogP contribution in [-0.2, 0) is 21.7 Å². The lowest BCUT2D eigenvalue weighted by atomic mass is 9.79. The second-order valence-electron chi connectivity index (χ2n) is 9.26. The number of likely N-dealkylation sites (tertiary alicyclic amines) is 1. The molecule has 0 spiro atoms. The molecule has 1 aromatic carbocycles. The average Bonchev–Trinajstić information content (AvgIpc) is 3.10. The lowest BCUT2D eigenvalue weighted by Crippen LogP contribution is -2.59. The number of hydrogen-bond acceptors (Lipinski definition) is 2. The van der Waals surface area contributed by atoms with Crippen LogP contribution in [-0.4, -0.2) is 46.8 Å². The van der Waals surface area contributed by atoms with Crippen molar-refractivity contribution < 1.29 is 31.5 Å². The standard InChI is InChI=1S/C22H25F5N2O2/c1-12(2)17-9-14-11-28(10-13-3-8-18(30)29(17)19(13)14)20(31)21(23,24)15-4-6-16(7-5-15)22(25,26)27/h4-7,12-14,17,19H,3,8-11H2,1-2H3/t13-,14?,17?,19-/m1/s1. The van der Waals surface area contributed by atoms with Gasteiger partial charge < -0.3 is 9.80 Å². The predicted molar refractivity (Wildman–Crippen MR) is 102 cm³/mol. The molecule has 4 rings (SSSR count). The SMILES string of the molecule is CC(C)C1CC2CN(C(=O)C(F)(F)c3ccc(C(F)(F)F)cc3)C[C@H]3CCC(=O)N1[C@@H]23. The second-order valence-corrected chi connectivity index (χ2v) is 9.26. The van der Waals surface area contributed by atoms with E-state index in [0.29, 0.717) is 43.5 Å². The summed E-state index contributed by atoms with van der Waals surface area (Å²) in [6.07, 6.45) is -3.08. The second kappa shape index (κ2) is 7.45. The first-order valence-corrected chi connectivity index (χ1v) is 10.6. The van der Waals surface area contributed by atoms with Crippen molar-refractivity contribution >= 4 is 11.8 Å². The molecule has 1 aromatic rings. The van der Waals surface area contributed by atoms with E-state index in [9.17, 15) is 31.5 Å². The quantitative estimate of drug-likeness (QED) is 0.653. The Morgan fingerprint density at radius 1 is 1.00 bits per heavy atom. The number of carbonyl (C=O) groups excluding carboxylic acids is 2. The Morgan fingerprint density at radius 3 is 2.16 bits per heavy atom. The largest absolute Gasteiger partial charge is 0.416 e. The van der Waals surface area contributed by atoms with E-state index in [2.05, 4.69) is 0 Å². The fraction of sp³-hybridized carbons (Fsp3) is 0.636. The summed E-state index contributed by atoms with van der Waals surface area (Å²) in [6, 6.07) is 2.47. The number of benzene rings is 1. The van der Waals surface area contributed by atoms with Crippen LogP contribution in [0.4, 0.5) is 22.0 Å². The molecule has 170 valence electrons. The first-order valence-electron chi connectivity index (χ1n) is 10.6. The van der Waals surface area contributed by atoms with Crippen LogP contribution < -0.4 is 0 Å². The summed E-state index contributed by atoms with van der Waals surface area (Å²) < 4.78 is 68.1. The Morgan fingerprint density at radius 2 is 1.58 bits per heavy atom. The summed E-state index contributed by atoms with van der Waals surface area (Å²) in [5.41, 5.74) is -1.79. The normalized spacial score (nSPS) is 28.8. The number of hydrogen-bond donors (Lipinski definition) is 0. The summed E-state index contributed by atoms with van der Waals surface area (Å²) in [5, 5.41) is 0. The van der Waals surface area contributed by atoms with E-state index in [1.165, 1.54) is 0 Å². The molecule has 3 aliphatic heterocycles. The van der Waals surface area contributed by atoms with E-state index in [1.54, 1.807) is 0 Å². The van der Waals surface area contributed by atoms with Gasteiger partial charge in [0.25, 0.3) is 5.91 Å². The van der Waals surface area contributed by atoms with Gasteiger partial charge in [-0.25, -0.2) is 0 Å². The molecule has 4 nitrogen and oxygen atoms in total. The van der Waals surface area contributed by atoms with Crippen LogP contribution in [0.5, 0.6) is 0 Å². The lowest BCUT2D eigenvalue weighted by Gasteiger charge is -2.47. The van der Waals surface area contributed by atoms with Crippen molar-refractivity contribution in [3.8, 4) is 0 Å². The van der Waals surface area contributed by atoms with Crippen molar-refractivity contribution in [1.82, 2.24) is 9.80 Å². The molecular weight excluding hydrogens is 419 g/mol. The highest BCUT2D eigenvalue weighted by molar-refractivity contribution is 5.85. The van der Waals surface area contributed by atoms with E-state index in [0.717, 1.165) is 4.90 Å². The predicted octanol–water partition coefficient (Wildman–Crippen LogP) is 4.29. The molecule has 3 fully saturated rings. The zero-order valence-electron chi connectivity index (χ0n) is 17.3. The van der Waals surface area contributed by atoms with Crippen LogP contribution >= 0.6 is 0 Å². The van der Waals surface area contributed by atoms with E-state index in [-0.39, 0.29) is 48.8 Å². The Hall–Kier alpha value is -2.19. The highest BCUT2D eigenvalue weighted by atomic mass is 19.4. The summed E-state index contributed by atoms with van der Waals surface area (Å²) in [4.78, 5) is 28.4. The van der Waals surface area contributed by atoms with Crippen LogP contribution in [0.3, 0.4) is 0 Å². The van der Waals surface area contributed by atoms with Gasteiger partial charge in [-0.1, -0.05) is 26.0 Å². The molecule has 0 aliphatic carbocycles. The van der Waals surface area contributed by atoms with Gasteiger partial charge in [0.05, 0.1) is 5.56 Å². The van der Waals surface area contributed by atoms with Crippen molar-refractivity contribution in [3.63, 3.8) is 0 Å². The summed E-state index contributed by atoms with van der Waals surface area (Å²) in [7, 11) is 0. The molecule has 0 saturated carbocycles. The molecule has 0 N–H and O–H groups in total. The van der Waals surface area contributed by atoms with Gasteiger partial charge in [-0.05, 0) is 42.7 Å². The molecule has 31 heavy (non-hydrogen) atoms. The van der Waals surface area contributed by atoms with Crippen molar-refractivity contribution in [2.45, 2.75) is 57.3 Å². The Kier molecular flexibility index (Phi) is 5.29. The summed E-state index contributed by atoms with van der Waals surface area (Å²) in [6.45, 7) is 4.31. The van der Waals surface area contributed by atoms with Gasteiger partial charge in [-0.2, -0.15) is 22.0 Å². The number of amides is 2. The fourth-order valence-electron chi connectivity index (χ4n) is 5.56.